The Morgan fingerprint density at radius 2 is 1.83 bits per heavy atom. The monoisotopic (exact) mass is 398 g/mol. The van der Waals surface area contributed by atoms with Crippen molar-refractivity contribution in [2.24, 2.45) is 11.8 Å². The van der Waals surface area contributed by atoms with Crippen molar-refractivity contribution < 1.29 is 9.59 Å². The highest BCUT2D eigenvalue weighted by Crippen LogP contribution is 2.28. The largest absolute Gasteiger partial charge is 0.342 e. The normalized spacial score (nSPS) is 24.2. The van der Waals surface area contributed by atoms with Crippen LogP contribution in [-0.4, -0.2) is 52.7 Å². The Morgan fingerprint density at radius 3 is 2.41 bits per heavy atom. The predicted molar refractivity (Wildman–Crippen MR) is 115 cm³/mol. The molecule has 0 saturated carbocycles. The number of likely N-dealkylation sites (tertiary alicyclic amines) is 1. The van der Waals surface area contributed by atoms with Crippen molar-refractivity contribution in [3.63, 3.8) is 0 Å². The van der Waals surface area contributed by atoms with Crippen LogP contribution in [0.15, 0.2) is 30.3 Å². The number of hydrogen-bond acceptors (Lipinski definition) is 3. The molecule has 2 atom stereocenters. The zero-order chi connectivity index (χ0) is 21.2. The molecule has 3 rings (SSSR count). The number of rotatable bonds is 6. The summed E-state index contributed by atoms with van der Waals surface area (Å²) >= 11 is 0. The lowest BCUT2D eigenvalue weighted by atomic mass is 9.90. The fourth-order valence-electron chi connectivity index (χ4n) is 4.66. The Balaban J connectivity index is 1.54. The molecule has 2 aliphatic rings. The number of piperidine rings is 1. The van der Waals surface area contributed by atoms with Crippen molar-refractivity contribution in [1.29, 1.82) is 5.41 Å². The van der Waals surface area contributed by atoms with E-state index in [1.54, 1.807) is 4.90 Å². The van der Waals surface area contributed by atoms with Crippen molar-refractivity contribution in [1.82, 2.24) is 15.1 Å². The van der Waals surface area contributed by atoms with Crippen molar-refractivity contribution in [2.75, 3.05) is 19.6 Å². The second-order valence-corrected chi connectivity index (χ2v) is 9.22. The number of carbonyl (C=O) groups excluding carboxylic acids is 2. The molecule has 2 saturated heterocycles. The lowest BCUT2D eigenvalue weighted by Crippen LogP contribution is -2.46. The predicted octanol–water partition coefficient (Wildman–Crippen LogP) is 3.20. The van der Waals surface area contributed by atoms with E-state index in [0.717, 1.165) is 24.8 Å². The first-order valence-electron chi connectivity index (χ1n) is 10.7. The fraction of sp³-hybridized carbons (Fsp3) is 0.609. The van der Waals surface area contributed by atoms with E-state index in [4.69, 9.17) is 5.41 Å². The average Bonchev–Trinajstić information content (AvgIpc) is 2.90. The molecule has 1 aromatic rings. The van der Waals surface area contributed by atoms with Gasteiger partial charge in [-0.1, -0.05) is 44.2 Å². The zero-order valence-electron chi connectivity index (χ0n) is 18.1. The van der Waals surface area contributed by atoms with E-state index in [-0.39, 0.29) is 23.7 Å². The fourth-order valence-corrected chi connectivity index (χ4v) is 4.66. The third-order valence-corrected chi connectivity index (χ3v) is 6.23. The molecular formula is C23H34N4O2. The molecule has 2 N–H and O–H groups in total. The Morgan fingerprint density at radius 1 is 1.21 bits per heavy atom. The smallest absolute Gasteiger partial charge is 0.254 e. The van der Waals surface area contributed by atoms with Crippen LogP contribution in [0.2, 0.25) is 0 Å². The van der Waals surface area contributed by atoms with Crippen LogP contribution in [0.3, 0.4) is 0 Å². The standard InChI is InChI=1S/C23H34N4O2/c1-16(2)14-23(4)21(29)27(22(24)25-23)15-18-10-12-26(13-11-18)20(28)17(3)19-8-6-5-7-9-19/h5-9,16-18H,10-15H2,1-4H3,(H2,24,25). The van der Waals surface area contributed by atoms with Crippen LogP contribution in [0.4, 0.5) is 0 Å². The minimum absolute atomic E-state index is 0.00686. The number of nitrogens with zero attached hydrogens (tertiary/aromatic N) is 2. The van der Waals surface area contributed by atoms with Crippen LogP contribution >= 0.6 is 0 Å². The summed E-state index contributed by atoms with van der Waals surface area (Å²) in [6.07, 6.45) is 2.45. The highest BCUT2D eigenvalue weighted by Gasteiger charge is 2.46. The quantitative estimate of drug-likeness (QED) is 0.773. The lowest BCUT2D eigenvalue weighted by Gasteiger charge is -2.35. The average molecular weight is 399 g/mol. The minimum atomic E-state index is -0.674. The number of hydrogen-bond donors (Lipinski definition) is 2. The highest BCUT2D eigenvalue weighted by atomic mass is 16.2. The molecular weight excluding hydrogens is 364 g/mol. The molecule has 29 heavy (non-hydrogen) atoms. The third-order valence-electron chi connectivity index (χ3n) is 6.23. The molecule has 2 amide bonds. The Hall–Kier alpha value is -2.37. The van der Waals surface area contributed by atoms with Crippen molar-refractivity contribution in [2.45, 2.75) is 58.4 Å². The van der Waals surface area contributed by atoms with Gasteiger partial charge in [0.15, 0.2) is 5.96 Å². The molecule has 2 heterocycles. The van der Waals surface area contributed by atoms with Gasteiger partial charge in [0, 0.05) is 19.6 Å². The number of guanidine groups is 1. The maximum atomic E-state index is 12.9. The molecule has 0 spiro atoms. The highest BCUT2D eigenvalue weighted by molar-refractivity contribution is 6.07. The molecule has 2 fully saturated rings. The van der Waals surface area contributed by atoms with Gasteiger partial charge in [-0.25, -0.2) is 0 Å². The van der Waals surface area contributed by atoms with Gasteiger partial charge >= 0.3 is 0 Å². The number of nitrogens with one attached hydrogen (secondary N) is 2. The van der Waals surface area contributed by atoms with Gasteiger partial charge in [-0.15, -0.1) is 0 Å². The van der Waals surface area contributed by atoms with E-state index in [9.17, 15) is 9.59 Å². The summed E-state index contributed by atoms with van der Waals surface area (Å²) in [5, 5.41) is 11.3. The molecule has 158 valence electrons. The van der Waals surface area contributed by atoms with Crippen molar-refractivity contribution >= 4 is 17.8 Å². The summed E-state index contributed by atoms with van der Waals surface area (Å²) in [5.41, 5.74) is 0.374. The van der Waals surface area contributed by atoms with Gasteiger partial charge in [0.25, 0.3) is 5.91 Å². The summed E-state index contributed by atoms with van der Waals surface area (Å²) in [6.45, 7) is 10.0. The number of amides is 2. The van der Waals surface area contributed by atoms with Gasteiger partial charge in [0.2, 0.25) is 5.91 Å². The second kappa shape index (κ2) is 8.56. The van der Waals surface area contributed by atoms with E-state index in [1.807, 2.05) is 49.1 Å². The lowest BCUT2D eigenvalue weighted by molar-refractivity contribution is -0.135. The van der Waals surface area contributed by atoms with E-state index >= 15 is 0 Å². The van der Waals surface area contributed by atoms with Crippen LogP contribution < -0.4 is 5.32 Å². The van der Waals surface area contributed by atoms with Crippen molar-refractivity contribution in [3.8, 4) is 0 Å². The molecule has 0 aromatic heterocycles. The van der Waals surface area contributed by atoms with Crippen LogP contribution in [0.25, 0.3) is 0 Å². The second-order valence-electron chi connectivity index (χ2n) is 9.22. The number of benzene rings is 1. The summed E-state index contributed by atoms with van der Waals surface area (Å²) < 4.78 is 0. The molecule has 0 radical (unpaired) electrons. The molecule has 2 unspecified atom stereocenters. The van der Waals surface area contributed by atoms with Gasteiger partial charge < -0.3 is 10.2 Å². The van der Waals surface area contributed by atoms with E-state index < -0.39 is 5.54 Å². The minimum Gasteiger partial charge on any atom is -0.342 e. The van der Waals surface area contributed by atoms with Crippen LogP contribution in [0, 0.1) is 17.2 Å². The van der Waals surface area contributed by atoms with Gasteiger partial charge in [-0.3, -0.25) is 19.9 Å². The molecule has 0 bridgehead atoms. The SMILES string of the molecule is CC(C)CC1(C)NC(=N)N(CC2CCN(C(=O)C(C)c3ccccc3)CC2)C1=O. The maximum Gasteiger partial charge on any atom is 0.254 e. The van der Waals surface area contributed by atoms with Crippen molar-refractivity contribution in [3.05, 3.63) is 35.9 Å². The topological polar surface area (TPSA) is 76.5 Å². The summed E-state index contributed by atoms with van der Waals surface area (Å²) in [5.74, 6) is 0.957. The molecule has 6 heteroatoms. The first kappa shape index (κ1) is 21.3. The Kier molecular flexibility index (Phi) is 6.30. The zero-order valence-corrected chi connectivity index (χ0v) is 18.1. The van der Waals surface area contributed by atoms with E-state index in [2.05, 4.69) is 19.2 Å². The maximum absolute atomic E-state index is 12.9. The summed E-state index contributed by atoms with van der Waals surface area (Å²) in [4.78, 5) is 29.3. The summed E-state index contributed by atoms with van der Waals surface area (Å²) in [6, 6.07) is 9.90. The molecule has 0 aliphatic carbocycles. The third kappa shape index (κ3) is 4.62. The van der Waals surface area contributed by atoms with Crippen LogP contribution in [0.5, 0.6) is 0 Å². The molecule has 2 aliphatic heterocycles. The van der Waals surface area contributed by atoms with Gasteiger partial charge in [-0.2, -0.15) is 0 Å². The van der Waals surface area contributed by atoms with E-state index in [0.29, 0.717) is 31.5 Å². The van der Waals surface area contributed by atoms with Gasteiger partial charge in [0.05, 0.1) is 5.92 Å². The first-order valence-corrected chi connectivity index (χ1v) is 10.7. The van der Waals surface area contributed by atoms with Crippen LogP contribution in [0.1, 0.15) is 58.4 Å². The Labute approximate surface area is 174 Å². The van der Waals surface area contributed by atoms with Gasteiger partial charge in [0.1, 0.15) is 5.54 Å². The van der Waals surface area contributed by atoms with E-state index in [1.165, 1.54) is 0 Å². The number of carbonyl (C=O) groups is 2. The first-order chi connectivity index (χ1) is 13.7. The van der Waals surface area contributed by atoms with Gasteiger partial charge in [-0.05, 0) is 50.5 Å². The molecule has 1 aromatic carbocycles. The summed E-state index contributed by atoms with van der Waals surface area (Å²) in [7, 11) is 0. The Bertz CT molecular complexity index is 755. The molecule has 6 nitrogen and oxygen atoms in total. The van der Waals surface area contributed by atoms with Crippen LogP contribution in [-0.2, 0) is 9.59 Å².